The standard InChI is InChI=1S/C11H20N2O2/c1-8-10(6-7-15-8)13-11(14)12-9-4-2-3-5-9/h8-10H,2-7H2,1H3,(H2,12,13,14). The first kappa shape index (κ1) is 10.7. The number of amides is 2. The van der Waals surface area contributed by atoms with Gasteiger partial charge >= 0.3 is 6.03 Å². The monoisotopic (exact) mass is 212 g/mol. The summed E-state index contributed by atoms with van der Waals surface area (Å²) in [6, 6.07) is 0.554. The molecule has 0 aromatic carbocycles. The zero-order valence-corrected chi connectivity index (χ0v) is 9.29. The summed E-state index contributed by atoms with van der Waals surface area (Å²) >= 11 is 0. The summed E-state index contributed by atoms with van der Waals surface area (Å²) in [6.07, 6.45) is 5.83. The highest BCUT2D eigenvalue weighted by atomic mass is 16.5. The quantitative estimate of drug-likeness (QED) is 0.727. The highest BCUT2D eigenvalue weighted by Crippen LogP contribution is 2.17. The van der Waals surface area contributed by atoms with Crippen LogP contribution in [-0.2, 0) is 4.74 Å². The van der Waals surface area contributed by atoms with Gasteiger partial charge in [-0.05, 0) is 26.2 Å². The molecule has 0 spiro atoms. The van der Waals surface area contributed by atoms with E-state index in [0.717, 1.165) is 25.9 Å². The predicted molar refractivity (Wildman–Crippen MR) is 57.7 cm³/mol. The number of nitrogens with one attached hydrogen (secondary N) is 2. The van der Waals surface area contributed by atoms with E-state index < -0.39 is 0 Å². The Hall–Kier alpha value is -0.770. The first-order chi connectivity index (χ1) is 7.25. The molecule has 0 bridgehead atoms. The van der Waals surface area contributed by atoms with Gasteiger partial charge in [0.05, 0.1) is 12.1 Å². The third-order valence-electron chi connectivity index (χ3n) is 3.38. The van der Waals surface area contributed by atoms with Crippen LogP contribution in [0.1, 0.15) is 39.0 Å². The van der Waals surface area contributed by atoms with Gasteiger partial charge in [-0.3, -0.25) is 0 Å². The molecule has 0 radical (unpaired) electrons. The lowest BCUT2D eigenvalue weighted by atomic mass is 10.1. The summed E-state index contributed by atoms with van der Waals surface area (Å²) in [5.41, 5.74) is 0. The zero-order valence-electron chi connectivity index (χ0n) is 9.29. The molecule has 1 aliphatic heterocycles. The molecule has 4 nitrogen and oxygen atoms in total. The molecule has 2 rings (SSSR count). The number of hydrogen-bond acceptors (Lipinski definition) is 2. The maximum atomic E-state index is 11.6. The Bertz CT molecular complexity index is 227. The molecule has 86 valence electrons. The van der Waals surface area contributed by atoms with E-state index in [1.165, 1.54) is 12.8 Å². The third kappa shape index (κ3) is 2.84. The first-order valence-corrected chi connectivity index (χ1v) is 5.94. The van der Waals surface area contributed by atoms with Crippen LogP contribution in [-0.4, -0.2) is 30.8 Å². The van der Waals surface area contributed by atoms with E-state index >= 15 is 0 Å². The van der Waals surface area contributed by atoms with Crippen molar-refractivity contribution in [1.82, 2.24) is 10.6 Å². The average Bonchev–Trinajstić information content (AvgIpc) is 2.79. The fraction of sp³-hybridized carbons (Fsp3) is 0.909. The molecule has 1 saturated heterocycles. The molecule has 1 saturated carbocycles. The normalized spacial score (nSPS) is 31.8. The number of carbonyl (C=O) groups excluding carboxylic acids is 1. The highest BCUT2D eigenvalue weighted by Gasteiger charge is 2.26. The minimum Gasteiger partial charge on any atom is -0.376 e. The van der Waals surface area contributed by atoms with Gasteiger partial charge in [0.25, 0.3) is 0 Å². The minimum atomic E-state index is -0.0238. The van der Waals surface area contributed by atoms with Gasteiger partial charge < -0.3 is 15.4 Å². The minimum absolute atomic E-state index is 0.0238. The van der Waals surface area contributed by atoms with Crippen molar-refractivity contribution < 1.29 is 9.53 Å². The third-order valence-corrected chi connectivity index (χ3v) is 3.38. The van der Waals surface area contributed by atoms with Crippen LogP contribution < -0.4 is 10.6 Å². The van der Waals surface area contributed by atoms with Gasteiger partial charge in [-0.15, -0.1) is 0 Å². The summed E-state index contributed by atoms with van der Waals surface area (Å²) in [6.45, 7) is 2.77. The summed E-state index contributed by atoms with van der Waals surface area (Å²) in [7, 11) is 0. The lowest BCUT2D eigenvalue weighted by Gasteiger charge is -2.18. The molecule has 4 heteroatoms. The summed E-state index contributed by atoms with van der Waals surface area (Å²) in [5.74, 6) is 0. The second-order valence-corrected chi connectivity index (χ2v) is 4.57. The van der Waals surface area contributed by atoms with Crippen LogP contribution in [0.25, 0.3) is 0 Å². The van der Waals surface area contributed by atoms with Gasteiger partial charge in [0, 0.05) is 12.6 Å². The summed E-state index contributed by atoms with van der Waals surface area (Å²) < 4.78 is 5.39. The number of hydrogen-bond donors (Lipinski definition) is 2. The van der Waals surface area contributed by atoms with Gasteiger partial charge in [0.15, 0.2) is 0 Å². The van der Waals surface area contributed by atoms with Crippen LogP contribution in [0.15, 0.2) is 0 Å². The van der Waals surface area contributed by atoms with E-state index in [2.05, 4.69) is 10.6 Å². The van der Waals surface area contributed by atoms with Crippen LogP contribution in [0, 0.1) is 0 Å². The van der Waals surface area contributed by atoms with Gasteiger partial charge in [-0.1, -0.05) is 12.8 Å². The van der Waals surface area contributed by atoms with Crippen molar-refractivity contribution in [2.45, 2.75) is 57.2 Å². The molecule has 2 N–H and O–H groups in total. The number of rotatable bonds is 2. The largest absolute Gasteiger partial charge is 0.376 e. The van der Waals surface area contributed by atoms with Gasteiger partial charge in [0.1, 0.15) is 0 Å². The smallest absolute Gasteiger partial charge is 0.315 e. The fourth-order valence-corrected chi connectivity index (χ4v) is 2.39. The molecule has 2 fully saturated rings. The Morgan fingerprint density at radius 1 is 1.20 bits per heavy atom. The van der Waals surface area contributed by atoms with Crippen LogP contribution >= 0.6 is 0 Å². The summed E-state index contributed by atoms with van der Waals surface area (Å²) in [5, 5.41) is 6.00. The van der Waals surface area contributed by atoms with E-state index in [4.69, 9.17) is 4.74 Å². The van der Waals surface area contributed by atoms with Gasteiger partial charge in [-0.25, -0.2) is 4.79 Å². The lowest BCUT2D eigenvalue weighted by molar-refractivity contribution is 0.114. The van der Waals surface area contributed by atoms with Gasteiger partial charge in [0.2, 0.25) is 0 Å². The van der Waals surface area contributed by atoms with E-state index in [0.29, 0.717) is 6.04 Å². The Balaban J connectivity index is 1.71. The second kappa shape index (κ2) is 4.84. The maximum Gasteiger partial charge on any atom is 0.315 e. The van der Waals surface area contributed by atoms with Crippen LogP contribution in [0.4, 0.5) is 4.79 Å². The molecule has 0 aromatic rings. The van der Waals surface area contributed by atoms with Crippen molar-refractivity contribution in [2.24, 2.45) is 0 Å². The molecule has 2 atom stereocenters. The molecule has 2 amide bonds. The zero-order chi connectivity index (χ0) is 10.7. The maximum absolute atomic E-state index is 11.6. The van der Waals surface area contributed by atoms with E-state index in [1.54, 1.807) is 0 Å². The Kier molecular flexibility index (Phi) is 3.46. The van der Waals surface area contributed by atoms with Crippen molar-refractivity contribution in [3.05, 3.63) is 0 Å². The first-order valence-electron chi connectivity index (χ1n) is 5.94. The predicted octanol–water partition coefficient (Wildman–Crippen LogP) is 1.41. The van der Waals surface area contributed by atoms with E-state index in [-0.39, 0.29) is 18.2 Å². The number of carbonyl (C=O) groups is 1. The van der Waals surface area contributed by atoms with Crippen LogP contribution in [0.3, 0.4) is 0 Å². The van der Waals surface area contributed by atoms with Crippen molar-refractivity contribution in [3.63, 3.8) is 0 Å². The Labute approximate surface area is 90.8 Å². The lowest BCUT2D eigenvalue weighted by Crippen LogP contribution is -2.47. The fourth-order valence-electron chi connectivity index (χ4n) is 2.39. The van der Waals surface area contributed by atoms with Crippen molar-refractivity contribution in [2.75, 3.05) is 6.61 Å². The Morgan fingerprint density at radius 3 is 2.53 bits per heavy atom. The second-order valence-electron chi connectivity index (χ2n) is 4.57. The van der Waals surface area contributed by atoms with E-state index in [9.17, 15) is 4.79 Å². The molecule has 1 aliphatic carbocycles. The molecule has 2 unspecified atom stereocenters. The van der Waals surface area contributed by atoms with Crippen molar-refractivity contribution in [1.29, 1.82) is 0 Å². The van der Waals surface area contributed by atoms with E-state index in [1.807, 2.05) is 6.92 Å². The van der Waals surface area contributed by atoms with Crippen LogP contribution in [0.2, 0.25) is 0 Å². The molecule has 15 heavy (non-hydrogen) atoms. The Morgan fingerprint density at radius 2 is 1.93 bits per heavy atom. The molecule has 0 aromatic heterocycles. The van der Waals surface area contributed by atoms with Gasteiger partial charge in [-0.2, -0.15) is 0 Å². The van der Waals surface area contributed by atoms with Crippen LogP contribution in [0.5, 0.6) is 0 Å². The molecule has 2 aliphatic rings. The van der Waals surface area contributed by atoms with Crippen molar-refractivity contribution >= 4 is 6.03 Å². The molecular weight excluding hydrogens is 192 g/mol. The average molecular weight is 212 g/mol. The highest BCUT2D eigenvalue weighted by molar-refractivity contribution is 5.74. The van der Waals surface area contributed by atoms with Crippen molar-refractivity contribution in [3.8, 4) is 0 Å². The molecule has 1 heterocycles. The number of ether oxygens (including phenoxy) is 1. The SMILES string of the molecule is CC1OCCC1NC(=O)NC1CCCC1. The topological polar surface area (TPSA) is 50.4 Å². The number of urea groups is 1. The molecular formula is C11H20N2O2. The summed E-state index contributed by atoms with van der Waals surface area (Å²) in [4.78, 5) is 11.6.